The molecule has 0 saturated carbocycles. The number of ether oxygens (including phenoxy) is 3. The molecule has 0 fully saturated rings. The standard InChI is InChI=1S/C21H38N4O3.HI/c1-21(2,17-9-10-18(27-6)19(15-17)28-7)16-24-20(22-3)23-11-13-25(4)12-8-14-26-5;/h9-10,15H,8,11-14,16H2,1-7H3,(H2,22,23,24);1H. The van der Waals surface area contributed by atoms with Crippen molar-refractivity contribution < 1.29 is 14.2 Å². The fourth-order valence-electron chi connectivity index (χ4n) is 2.84. The molecule has 0 aliphatic rings. The van der Waals surface area contributed by atoms with E-state index < -0.39 is 0 Å². The van der Waals surface area contributed by atoms with Crippen LogP contribution in [0.15, 0.2) is 23.2 Å². The summed E-state index contributed by atoms with van der Waals surface area (Å²) in [4.78, 5) is 6.61. The van der Waals surface area contributed by atoms with E-state index in [2.05, 4.69) is 47.5 Å². The minimum absolute atomic E-state index is 0. The third-order valence-electron chi connectivity index (χ3n) is 4.76. The van der Waals surface area contributed by atoms with Gasteiger partial charge in [0, 0.05) is 52.4 Å². The van der Waals surface area contributed by atoms with Crippen LogP contribution in [0.5, 0.6) is 11.5 Å². The van der Waals surface area contributed by atoms with Gasteiger partial charge in [0.25, 0.3) is 0 Å². The lowest BCUT2D eigenvalue weighted by Crippen LogP contribution is -2.45. The minimum atomic E-state index is -0.103. The van der Waals surface area contributed by atoms with Crippen LogP contribution in [-0.4, -0.2) is 79.1 Å². The largest absolute Gasteiger partial charge is 0.493 e. The van der Waals surface area contributed by atoms with Gasteiger partial charge in [-0.2, -0.15) is 0 Å². The molecule has 0 atom stereocenters. The smallest absolute Gasteiger partial charge is 0.191 e. The molecule has 0 aromatic heterocycles. The summed E-state index contributed by atoms with van der Waals surface area (Å²) in [5, 5.41) is 6.81. The van der Waals surface area contributed by atoms with Crippen molar-refractivity contribution in [2.45, 2.75) is 25.7 Å². The SMILES string of the molecule is CN=C(NCCN(C)CCCOC)NCC(C)(C)c1ccc(OC)c(OC)c1.I. The van der Waals surface area contributed by atoms with Gasteiger partial charge in [0.2, 0.25) is 0 Å². The Balaban J connectivity index is 0.00000784. The Hall–Kier alpha value is -1.26. The predicted octanol–water partition coefficient (Wildman–Crippen LogP) is 2.73. The molecule has 7 nitrogen and oxygen atoms in total. The second kappa shape index (κ2) is 14.7. The Morgan fingerprint density at radius 1 is 1.07 bits per heavy atom. The molecule has 0 aliphatic carbocycles. The predicted molar refractivity (Wildman–Crippen MR) is 131 cm³/mol. The molecule has 1 rings (SSSR count). The van der Waals surface area contributed by atoms with Gasteiger partial charge in [-0.25, -0.2) is 0 Å². The number of halogens is 1. The highest BCUT2D eigenvalue weighted by molar-refractivity contribution is 14.0. The van der Waals surface area contributed by atoms with E-state index >= 15 is 0 Å². The lowest BCUT2D eigenvalue weighted by molar-refractivity contribution is 0.180. The lowest BCUT2D eigenvalue weighted by atomic mass is 9.84. The van der Waals surface area contributed by atoms with Crippen LogP contribution in [0.3, 0.4) is 0 Å². The molecule has 0 radical (unpaired) electrons. The van der Waals surface area contributed by atoms with Gasteiger partial charge >= 0.3 is 0 Å². The van der Waals surface area contributed by atoms with Crippen LogP contribution in [0.2, 0.25) is 0 Å². The Kier molecular flexibility index (Phi) is 14.0. The molecule has 0 amide bonds. The van der Waals surface area contributed by atoms with E-state index in [4.69, 9.17) is 14.2 Å². The van der Waals surface area contributed by atoms with Gasteiger partial charge in [-0.15, -0.1) is 24.0 Å². The van der Waals surface area contributed by atoms with E-state index in [-0.39, 0.29) is 29.4 Å². The van der Waals surface area contributed by atoms with E-state index in [1.807, 2.05) is 12.1 Å². The fourth-order valence-corrected chi connectivity index (χ4v) is 2.84. The molecule has 1 aromatic carbocycles. The fraction of sp³-hybridized carbons (Fsp3) is 0.667. The molecule has 0 bridgehead atoms. The maximum absolute atomic E-state index is 5.44. The van der Waals surface area contributed by atoms with Crippen molar-refractivity contribution in [3.8, 4) is 11.5 Å². The van der Waals surface area contributed by atoms with Gasteiger partial charge in [-0.05, 0) is 31.2 Å². The monoisotopic (exact) mass is 522 g/mol. The number of likely N-dealkylation sites (N-methyl/N-ethyl adjacent to an activating group) is 1. The van der Waals surface area contributed by atoms with Crippen molar-refractivity contribution in [2.24, 2.45) is 4.99 Å². The minimum Gasteiger partial charge on any atom is -0.493 e. The summed E-state index contributed by atoms with van der Waals surface area (Å²) >= 11 is 0. The zero-order chi connectivity index (χ0) is 21.0. The zero-order valence-electron chi connectivity index (χ0n) is 19.0. The van der Waals surface area contributed by atoms with Crippen LogP contribution in [-0.2, 0) is 10.2 Å². The molecule has 8 heteroatoms. The molecule has 0 saturated heterocycles. The molecule has 29 heavy (non-hydrogen) atoms. The summed E-state index contributed by atoms with van der Waals surface area (Å²) < 4.78 is 15.9. The first-order valence-electron chi connectivity index (χ1n) is 9.72. The molecule has 168 valence electrons. The number of hydrogen-bond acceptors (Lipinski definition) is 5. The van der Waals surface area contributed by atoms with Crippen LogP contribution in [0.25, 0.3) is 0 Å². The summed E-state index contributed by atoms with van der Waals surface area (Å²) in [6.07, 6.45) is 1.04. The van der Waals surface area contributed by atoms with Crippen molar-refractivity contribution in [3.05, 3.63) is 23.8 Å². The molecule has 0 spiro atoms. The summed E-state index contributed by atoms with van der Waals surface area (Å²) in [5.74, 6) is 2.29. The number of aliphatic imine (C=N–C) groups is 1. The van der Waals surface area contributed by atoms with Gasteiger partial charge in [0.15, 0.2) is 17.5 Å². The van der Waals surface area contributed by atoms with E-state index in [0.29, 0.717) is 0 Å². The zero-order valence-corrected chi connectivity index (χ0v) is 21.3. The second-order valence-corrected chi connectivity index (χ2v) is 7.46. The topological polar surface area (TPSA) is 67.4 Å². The number of methoxy groups -OCH3 is 3. The second-order valence-electron chi connectivity index (χ2n) is 7.46. The number of hydrogen-bond donors (Lipinski definition) is 2. The molecule has 0 unspecified atom stereocenters. The molecule has 1 aromatic rings. The Morgan fingerprint density at radius 3 is 2.34 bits per heavy atom. The van der Waals surface area contributed by atoms with Crippen LogP contribution < -0.4 is 20.1 Å². The molecular weight excluding hydrogens is 483 g/mol. The Bertz CT molecular complexity index is 612. The molecule has 0 aliphatic heterocycles. The highest BCUT2D eigenvalue weighted by Gasteiger charge is 2.22. The van der Waals surface area contributed by atoms with Gasteiger partial charge in [0.1, 0.15) is 0 Å². The first kappa shape index (κ1) is 27.7. The Morgan fingerprint density at radius 2 is 1.76 bits per heavy atom. The van der Waals surface area contributed by atoms with Crippen LogP contribution in [0.4, 0.5) is 0 Å². The average Bonchev–Trinajstić information content (AvgIpc) is 2.70. The van der Waals surface area contributed by atoms with Crippen molar-refractivity contribution in [3.63, 3.8) is 0 Å². The summed E-state index contributed by atoms with van der Waals surface area (Å²) in [6.45, 7) is 8.73. The first-order chi connectivity index (χ1) is 13.4. The third kappa shape index (κ3) is 9.86. The van der Waals surface area contributed by atoms with Gasteiger partial charge in [0.05, 0.1) is 14.2 Å². The normalized spacial score (nSPS) is 11.8. The highest BCUT2D eigenvalue weighted by atomic mass is 127. The maximum Gasteiger partial charge on any atom is 0.191 e. The summed E-state index contributed by atoms with van der Waals surface area (Å²) in [7, 11) is 8.95. The van der Waals surface area contributed by atoms with Crippen LogP contribution in [0, 0.1) is 0 Å². The highest BCUT2D eigenvalue weighted by Crippen LogP contribution is 2.32. The van der Waals surface area contributed by atoms with Crippen LogP contribution >= 0.6 is 24.0 Å². The molecule has 2 N–H and O–H groups in total. The van der Waals surface area contributed by atoms with Crippen molar-refractivity contribution in [1.29, 1.82) is 0 Å². The number of nitrogens with one attached hydrogen (secondary N) is 2. The Labute approximate surface area is 193 Å². The molecule has 0 heterocycles. The maximum atomic E-state index is 5.44. The van der Waals surface area contributed by atoms with Crippen molar-refractivity contribution in [2.75, 3.05) is 68.2 Å². The summed E-state index contributed by atoms with van der Waals surface area (Å²) in [6, 6.07) is 6.06. The van der Waals surface area contributed by atoms with E-state index in [0.717, 1.165) is 56.7 Å². The number of guanidine groups is 1. The van der Waals surface area contributed by atoms with E-state index in [9.17, 15) is 0 Å². The van der Waals surface area contributed by atoms with E-state index in [1.165, 1.54) is 5.56 Å². The lowest BCUT2D eigenvalue weighted by Gasteiger charge is -2.27. The number of benzene rings is 1. The van der Waals surface area contributed by atoms with Crippen LogP contribution in [0.1, 0.15) is 25.8 Å². The van der Waals surface area contributed by atoms with Gasteiger partial charge in [-0.3, -0.25) is 4.99 Å². The summed E-state index contributed by atoms with van der Waals surface area (Å²) in [5.41, 5.74) is 1.07. The third-order valence-corrected chi connectivity index (χ3v) is 4.76. The van der Waals surface area contributed by atoms with Gasteiger partial charge in [-0.1, -0.05) is 19.9 Å². The first-order valence-corrected chi connectivity index (χ1v) is 9.72. The average molecular weight is 522 g/mol. The van der Waals surface area contributed by atoms with E-state index in [1.54, 1.807) is 28.4 Å². The number of rotatable bonds is 12. The van der Waals surface area contributed by atoms with Crippen molar-refractivity contribution >= 4 is 29.9 Å². The van der Waals surface area contributed by atoms with Crippen molar-refractivity contribution in [1.82, 2.24) is 15.5 Å². The number of nitrogens with zero attached hydrogens (tertiary/aromatic N) is 2. The quantitative estimate of drug-likeness (QED) is 0.191. The van der Waals surface area contributed by atoms with Gasteiger partial charge < -0.3 is 29.7 Å². The molecular formula is C21H39IN4O3.